The van der Waals surface area contributed by atoms with E-state index < -0.39 is 86.5 Å². The summed E-state index contributed by atoms with van der Waals surface area (Å²) in [4.78, 5) is 25.5. The second kappa shape index (κ2) is 11.8. The van der Waals surface area contributed by atoms with Crippen molar-refractivity contribution in [3.63, 3.8) is 0 Å². The van der Waals surface area contributed by atoms with Crippen LogP contribution in [0.25, 0.3) is 5.83 Å². The van der Waals surface area contributed by atoms with E-state index in [1.165, 1.54) is 0 Å². The zero-order chi connectivity index (χ0) is 32.0. The van der Waals surface area contributed by atoms with E-state index in [0.717, 1.165) is 19.2 Å². The number of nitrogens with one attached hydrogen (secondary N) is 1. The summed E-state index contributed by atoms with van der Waals surface area (Å²) in [6.45, 7) is -1.68. The normalized spacial score (nSPS) is 16.2. The Bertz CT molecular complexity index is 1390. The Hall–Kier alpha value is -2.71. The summed E-state index contributed by atoms with van der Waals surface area (Å²) in [5.41, 5.74) is -6.44. The van der Waals surface area contributed by atoms with E-state index in [1.54, 1.807) is 0 Å². The molecular weight excluding hydrogens is 657 g/mol. The minimum absolute atomic E-state index is 0.0144. The molecule has 0 spiro atoms. The quantitative estimate of drug-likeness (QED) is 0.237. The van der Waals surface area contributed by atoms with E-state index >= 15 is 4.39 Å². The van der Waals surface area contributed by atoms with E-state index in [4.69, 9.17) is 34.8 Å². The highest BCUT2D eigenvalue weighted by molar-refractivity contribution is 6.48. The third kappa shape index (κ3) is 7.81. The topological polar surface area (TPSA) is 49.4 Å². The van der Waals surface area contributed by atoms with Crippen LogP contribution in [0.5, 0.6) is 0 Å². The van der Waals surface area contributed by atoms with Crippen molar-refractivity contribution in [1.29, 1.82) is 0 Å². The van der Waals surface area contributed by atoms with Gasteiger partial charge >= 0.3 is 18.5 Å². The molecule has 42 heavy (non-hydrogen) atoms. The number of benzene rings is 2. The molecule has 1 N–H and O–H groups in total. The van der Waals surface area contributed by atoms with Gasteiger partial charge < -0.3 is 10.2 Å². The molecule has 1 atom stereocenters. The first kappa shape index (κ1) is 33.8. The number of allylic oxidation sites excluding steroid dienone is 1. The third-order valence-corrected chi connectivity index (χ3v) is 7.35. The molecule has 0 heterocycles. The largest absolute Gasteiger partial charge is 0.417 e. The maximum atomic E-state index is 15.1. The summed E-state index contributed by atoms with van der Waals surface area (Å²) in [5, 5.41) is 0.940. The molecule has 0 bridgehead atoms. The summed E-state index contributed by atoms with van der Waals surface area (Å²) in [6.07, 6.45) is -15.6. The minimum atomic E-state index is -5.34. The molecule has 230 valence electrons. The van der Waals surface area contributed by atoms with Gasteiger partial charge in [0.25, 0.3) is 5.91 Å². The van der Waals surface area contributed by atoms with Gasteiger partial charge in [-0.05, 0) is 48.7 Å². The average molecular weight is 674 g/mol. The molecule has 1 aliphatic rings. The standard InChI is InChI=1S/C25H17Cl3F10N2O2/c1-40(10-23(30,31)32)21(42)22(4-5-22)39-20(41)13-3-2-11(6-15(13)25(36,37)38)18(29)9-14(24(33,34)35)12-7-16(26)19(28)17(27)8-12/h2-3,6-9,14H,4-5,10H2,1H3,(H,39,41). The first-order valence-corrected chi connectivity index (χ1v) is 12.6. The Morgan fingerprint density at radius 2 is 1.52 bits per heavy atom. The predicted molar refractivity (Wildman–Crippen MR) is 134 cm³/mol. The van der Waals surface area contributed by atoms with Crippen molar-refractivity contribution in [1.82, 2.24) is 10.2 Å². The summed E-state index contributed by atoms with van der Waals surface area (Å²) in [6, 6.07) is 2.68. The number of alkyl halides is 9. The minimum Gasteiger partial charge on any atom is -0.338 e. The van der Waals surface area contributed by atoms with Crippen molar-refractivity contribution in [2.75, 3.05) is 13.6 Å². The van der Waals surface area contributed by atoms with Gasteiger partial charge in [-0.25, -0.2) is 4.39 Å². The third-order valence-electron chi connectivity index (χ3n) is 6.15. The van der Waals surface area contributed by atoms with Crippen LogP contribution in [0.1, 0.15) is 45.8 Å². The highest BCUT2D eigenvalue weighted by Crippen LogP contribution is 2.43. The Morgan fingerprint density at radius 1 is 0.976 bits per heavy atom. The number of carbonyl (C=O) groups is 2. The summed E-state index contributed by atoms with van der Waals surface area (Å²) in [7, 11) is 0.799. The fraction of sp³-hybridized carbons (Fsp3) is 0.360. The van der Waals surface area contributed by atoms with Gasteiger partial charge in [0.1, 0.15) is 23.8 Å². The first-order chi connectivity index (χ1) is 19.1. The molecule has 0 saturated heterocycles. The smallest absolute Gasteiger partial charge is 0.338 e. The second-order valence-electron chi connectivity index (χ2n) is 9.40. The molecule has 1 unspecified atom stereocenters. The van der Waals surface area contributed by atoms with Gasteiger partial charge in [0.05, 0.1) is 26.2 Å². The van der Waals surface area contributed by atoms with Gasteiger partial charge in [-0.1, -0.05) is 40.9 Å². The van der Waals surface area contributed by atoms with Gasteiger partial charge in [-0.15, -0.1) is 0 Å². The van der Waals surface area contributed by atoms with Gasteiger partial charge in [-0.2, -0.15) is 39.5 Å². The molecule has 2 amide bonds. The molecular formula is C25H17Cl3F10N2O2. The van der Waals surface area contributed by atoms with Crippen molar-refractivity contribution in [2.24, 2.45) is 0 Å². The van der Waals surface area contributed by atoms with Crippen LogP contribution in [0.3, 0.4) is 0 Å². The summed E-state index contributed by atoms with van der Waals surface area (Å²) >= 11 is 17.3. The number of rotatable bonds is 7. The van der Waals surface area contributed by atoms with Crippen molar-refractivity contribution in [3.8, 4) is 0 Å². The number of amides is 2. The molecule has 1 aliphatic carbocycles. The lowest BCUT2D eigenvalue weighted by molar-refractivity contribution is -0.160. The average Bonchev–Trinajstić information content (AvgIpc) is 3.62. The van der Waals surface area contributed by atoms with E-state index in [2.05, 4.69) is 0 Å². The molecule has 4 nitrogen and oxygen atoms in total. The van der Waals surface area contributed by atoms with E-state index in [0.29, 0.717) is 12.1 Å². The van der Waals surface area contributed by atoms with Gasteiger partial charge in [0.15, 0.2) is 0 Å². The molecule has 2 aromatic carbocycles. The lowest BCUT2D eigenvalue weighted by Crippen LogP contribution is -2.51. The fourth-order valence-electron chi connectivity index (χ4n) is 4.01. The molecule has 1 saturated carbocycles. The molecule has 0 aromatic heterocycles. The highest BCUT2D eigenvalue weighted by atomic mass is 35.5. The van der Waals surface area contributed by atoms with Crippen molar-refractivity contribution in [2.45, 2.75) is 42.8 Å². The van der Waals surface area contributed by atoms with E-state index in [1.807, 2.05) is 5.32 Å². The summed E-state index contributed by atoms with van der Waals surface area (Å²) < 4.78 is 136. The van der Waals surface area contributed by atoms with Crippen LogP contribution in [0.2, 0.25) is 15.1 Å². The van der Waals surface area contributed by atoms with Gasteiger partial charge in [0, 0.05) is 12.6 Å². The maximum absolute atomic E-state index is 15.1. The number of halogens is 13. The van der Waals surface area contributed by atoms with Gasteiger partial charge in [-0.3, -0.25) is 9.59 Å². The van der Waals surface area contributed by atoms with Crippen LogP contribution in [0, 0.1) is 0 Å². The Labute approximate surface area is 246 Å². The van der Waals surface area contributed by atoms with Crippen LogP contribution in [0.4, 0.5) is 43.9 Å². The predicted octanol–water partition coefficient (Wildman–Crippen LogP) is 8.61. The maximum Gasteiger partial charge on any atom is 0.417 e. The summed E-state index contributed by atoms with van der Waals surface area (Å²) in [5.74, 6) is -7.17. The van der Waals surface area contributed by atoms with Crippen LogP contribution in [-0.4, -0.2) is 48.2 Å². The molecule has 0 aliphatic heterocycles. The monoisotopic (exact) mass is 672 g/mol. The van der Waals surface area contributed by atoms with Crippen molar-refractivity contribution < 1.29 is 53.5 Å². The van der Waals surface area contributed by atoms with Crippen molar-refractivity contribution >= 4 is 52.4 Å². The number of likely N-dealkylation sites (N-methyl/N-ethyl adjacent to an activating group) is 1. The SMILES string of the molecule is CN(CC(F)(F)F)C(=O)C1(NC(=O)c2ccc(C(F)=CC(c3cc(Cl)c(Cl)c(Cl)c3)C(F)(F)F)cc2C(F)(F)F)CC1. The molecule has 0 radical (unpaired) electrons. The molecule has 2 aromatic rings. The highest BCUT2D eigenvalue weighted by Gasteiger charge is 2.54. The first-order valence-electron chi connectivity index (χ1n) is 11.5. The Morgan fingerprint density at radius 3 is 1.98 bits per heavy atom. The number of hydrogen-bond acceptors (Lipinski definition) is 2. The zero-order valence-electron chi connectivity index (χ0n) is 20.8. The van der Waals surface area contributed by atoms with E-state index in [9.17, 15) is 49.1 Å². The molecule has 1 fully saturated rings. The van der Waals surface area contributed by atoms with Crippen LogP contribution >= 0.6 is 34.8 Å². The molecule has 3 rings (SSSR count). The fourth-order valence-corrected chi connectivity index (χ4v) is 4.62. The number of carbonyl (C=O) groups excluding carboxylic acids is 2. The number of nitrogens with zero attached hydrogens (tertiary/aromatic N) is 1. The van der Waals surface area contributed by atoms with Crippen molar-refractivity contribution in [3.05, 3.63) is 73.7 Å². The lowest BCUT2D eigenvalue weighted by atomic mass is 9.95. The molecule has 17 heteroatoms. The number of hydrogen-bond donors (Lipinski definition) is 1. The zero-order valence-corrected chi connectivity index (χ0v) is 23.1. The Balaban J connectivity index is 1.97. The van der Waals surface area contributed by atoms with E-state index in [-0.39, 0.29) is 34.9 Å². The lowest BCUT2D eigenvalue weighted by Gasteiger charge is -2.25. The second-order valence-corrected chi connectivity index (χ2v) is 10.6. The van der Waals surface area contributed by atoms with Crippen LogP contribution in [0.15, 0.2) is 36.4 Å². The van der Waals surface area contributed by atoms with Gasteiger partial charge in [0.2, 0.25) is 5.91 Å². The van der Waals surface area contributed by atoms with Crippen LogP contribution < -0.4 is 5.32 Å². The van der Waals surface area contributed by atoms with Crippen LogP contribution in [-0.2, 0) is 11.0 Å². The Kier molecular flexibility index (Phi) is 9.46.